The average molecular weight is 557 g/mol. The molecule has 0 aromatic heterocycles. The molecule has 1 aliphatic heterocycles. The molecule has 9 N–H and O–H groups in total. The predicted molar refractivity (Wildman–Crippen MR) is 155 cm³/mol. The Labute approximate surface area is 236 Å². The number of aryl methyl sites for hydroxylation is 1. The van der Waals surface area contributed by atoms with Crippen molar-refractivity contribution in [2.45, 2.75) is 57.6 Å². The number of aliphatic carboxylic acids is 2. The van der Waals surface area contributed by atoms with Gasteiger partial charge in [0.15, 0.2) is 0 Å². The van der Waals surface area contributed by atoms with Crippen molar-refractivity contribution >= 4 is 29.3 Å². The molecule has 0 amide bonds. The first kappa shape index (κ1) is 32.4. The third-order valence-electron chi connectivity index (χ3n) is 6.48. The molecule has 40 heavy (non-hydrogen) atoms. The van der Waals surface area contributed by atoms with E-state index >= 15 is 0 Å². The van der Waals surface area contributed by atoms with Gasteiger partial charge in [-0.3, -0.25) is 21.3 Å². The molecule has 0 radical (unpaired) electrons. The number of ether oxygens (including phenoxy) is 1. The third kappa shape index (κ3) is 11.9. The summed E-state index contributed by atoms with van der Waals surface area (Å²) in [6.07, 6.45) is 3.94. The molecular weight excluding hydrogens is 512 g/mol. The lowest BCUT2D eigenvalue weighted by atomic mass is 10.0. The minimum Gasteiger partial charge on any atom is -0.547 e. The number of anilines is 2. The van der Waals surface area contributed by atoms with E-state index in [-0.39, 0.29) is 5.96 Å². The zero-order chi connectivity index (χ0) is 29.3. The molecule has 2 atom stereocenters. The number of rotatable bonds is 15. The molecule has 220 valence electrons. The van der Waals surface area contributed by atoms with Crippen molar-refractivity contribution in [1.29, 1.82) is 0 Å². The number of fused-ring (bicyclic) bond motifs is 1. The topological polar surface area (TPSA) is 194 Å². The molecule has 0 bridgehead atoms. The maximum atomic E-state index is 11.1. The Bertz CT molecular complexity index is 1070. The van der Waals surface area contributed by atoms with Crippen molar-refractivity contribution in [3.63, 3.8) is 0 Å². The van der Waals surface area contributed by atoms with Crippen LogP contribution in [0, 0.1) is 0 Å². The summed E-state index contributed by atoms with van der Waals surface area (Å²) in [7, 11) is 0. The van der Waals surface area contributed by atoms with Crippen LogP contribution >= 0.6 is 0 Å². The van der Waals surface area contributed by atoms with E-state index in [0.717, 1.165) is 37.3 Å². The summed E-state index contributed by atoms with van der Waals surface area (Å²) in [6.45, 7) is 5.77. The summed E-state index contributed by atoms with van der Waals surface area (Å²) >= 11 is 0. The van der Waals surface area contributed by atoms with Crippen LogP contribution in [0.25, 0.3) is 0 Å². The summed E-state index contributed by atoms with van der Waals surface area (Å²) in [5, 5.41) is 22.9. The number of para-hydroxylation sites is 1. The number of hydrogen-bond acceptors (Lipinski definition) is 7. The molecule has 0 saturated heterocycles. The molecule has 1 heterocycles. The van der Waals surface area contributed by atoms with Gasteiger partial charge in [-0.2, -0.15) is 0 Å². The van der Waals surface area contributed by atoms with Gasteiger partial charge >= 0.3 is 11.9 Å². The number of hydrogen-bond donors (Lipinski definition) is 6. The van der Waals surface area contributed by atoms with E-state index in [0.29, 0.717) is 32.4 Å². The molecule has 0 saturated carbocycles. The SMILES string of the molecule is CCOC(Cc1ccc(NCCCN2CCCc3ccccc32)cc1)C(=O)[O-].NC(N)=[NH+]CCCC(N)C(=O)O. The number of nitrogens with two attached hydrogens (primary N) is 3. The van der Waals surface area contributed by atoms with Crippen LogP contribution in [0.3, 0.4) is 0 Å². The first-order valence-corrected chi connectivity index (χ1v) is 13.8. The smallest absolute Gasteiger partial charge is 0.338 e. The third-order valence-corrected chi connectivity index (χ3v) is 6.48. The van der Waals surface area contributed by atoms with Gasteiger partial charge in [0.1, 0.15) is 12.1 Å². The monoisotopic (exact) mass is 556 g/mol. The van der Waals surface area contributed by atoms with Gasteiger partial charge in [0.2, 0.25) is 0 Å². The second-order valence-corrected chi connectivity index (χ2v) is 9.63. The van der Waals surface area contributed by atoms with E-state index < -0.39 is 24.1 Å². The standard InChI is InChI=1S/C23H30N2O3.C6H14N4O2/c1-2-28-22(23(26)27)17-18-10-12-20(13-11-18)24-14-6-16-25-15-5-8-19-7-3-4-9-21(19)25;7-4(5(11)12)2-1-3-10-6(8)9/h3-4,7,9-13,22,24H,2,5-6,8,14-17H2,1H3,(H,26,27);4H,1-3,7H2,(H,11,12)(H4,8,9,10). The highest BCUT2D eigenvalue weighted by molar-refractivity contribution is 5.73. The van der Waals surface area contributed by atoms with E-state index in [9.17, 15) is 14.7 Å². The van der Waals surface area contributed by atoms with E-state index in [4.69, 9.17) is 27.0 Å². The van der Waals surface area contributed by atoms with Crippen LogP contribution in [-0.2, 0) is 27.2 Å². The van der Waals surface area contributed by atoms with Gasteiger partial charge in [0.25, 0.3) is 0 Å². The number of guanidine groups is 1. The molecule has 1 aliphatic rings. The van der Waals surface area contributed by atoms with Crippen molar-refractivity contribution in [3.05, 3.63) is 59.7 Å². The number of carboxylic acid groups (broad SMARTS) is 2. The van der Waals surface area contributed by atoms with Crippen LogP contribution in [0.15, 0.2) is 48.5 Å². The van der Waals surface area contributed by atoms with Crippen LogP contribution in [0.2, 0.25) is 0 Å². The molecule has 0 spiro atoms. The minimum atomic E-state index is -1.16. The van der Waals surface area contributed by atoms with E-state index in [1.54, 1.807) is 6.92 Å². The second kappa shape index (κ2) is 17.7. The highest BCUT2D eigenvalue weighted by Crippen LogP contribution is 2.26. The van der Waals surface area contributed by atoms with Gasteiger partial charge in [-0.25, -0.2) is 0 Å². The lowest BCUT2D eigenvalue weighted by Crippen LogP contribution is -2.78. The number of nitrogens with one attached hydrogen (secondary N) is 2. The summed E-state index contributed by atoms with van der Waals surface area (Å²) in [4.78, 5) is 26.5. The molecule has 2 unspecified atom stereocenters. The fourth-order valence-corrected chi connectivity index (χ4v) is 4.41. The van der Waals surface area contributed by atoms with E-state index in [1.807, 2.05) is 24.3 Å². The zero-order valence-electron chi connectivity index (χ0n) is 23.3. The Hall–Kier alpha value is -3.83. The summed E-state index contributed by atoms with van der Waals surface area (Å²) in [6, 6.07) is 15.8. The first-order valence-electron chi connectivity index (χ1n) is 13.8. The molecular formula is C29H44N6O5. The molecule has 0 fully saturated rings. The van der Waals surface area contributed by atoms with Gasteiger partial charge in [0, 0.05) is 44.0 Å². The fourth-order valence-electron chi connectivity index (χ4n) is 4.41. The summed E-state index contributed by atoms with van der Waals surface area (Å²) < 4.78 is 5.22. The molecule has 3 rings (SSSR count). The van der Waals surface area contributed by atoms with Crippen molar-refractivity contribution in [2.24, 2.45) is 17.2 Å². The first-order chi connectivity index (χ1) is 19.2. The van der Waals surface area contributed by atoms with Gasteiger partial charge in [0.05, 0.1) is 12.5 Å². The van der Waals surface area contributed by atoms with E-state index in [2.05, 4.69) is 39.5 Å². The maximum absolute atomic E-state index is 11.1. The second-order valence-electron chi connectivity index (χ2n) is 9.63. The zero-order valence-corrected chi connectivity index (χ0v) is 23.3. The maximum Gasteiger partial charge on any atom is 0.338 e. The van der Waals surface area contributed by atoms with Gasteiger partial charge < -0.3 is 35.7 Å². The fraction of sp³-hybridized carbons (Fsp3) is 0.483. The van der Waals surface area contributed by atoms with Crippen molar-refractivity contribution < 1.29 is 29.5 Å². The number of carbonyl (C=O) groups excluding carboxylic acids is 1. The normalized spacial score (nSPS) is 13.7. The predicted octanol–water partition coefficient (Wildman–Crippen LogP) is -0.829. The molecule has 11 heteroatoms. The highest BCUT2D eigenvalue weighted by atomic mass is 16.5. The van der Waals surface area contributed by atoms with Crippen LogP contribution < -0.4 is 37.5 Å². The Morgan fingerprint density at radius 2 is 1.88 bits per heavy atom. The summed E-state index contributed by atoms with van der Waals surface area (Å²) in [5.74, 6) is -2.01. The van der Waals surface area contributed by atoms with E-state index in [1.165, 1.54) is 24.1 Å². The quantitative estimate of drug-likeness (QED) is 0.0916. The number of carbonyl (C=O) groups is 2. The lowest BCUT2D eigenvalue weighted by Gasteiger charge is -2.31. The molecule has 2 aromatic carbocycles. The Morgan fingerprint density at radius 3 is 2.52 bits per heavy atom. The van der Waals surface area contributed by atoms with Crippen LogP contribution in [0.1, 0.15) is 43.7 Å². The van der Waals surface area contributed by atoms with Gasteiger partial charge in [-0.15, -0.1) is 0 Å². The van der Waals surface area contributed by atoms with Crippen LogP contribution in [0.4, 0.5) is 11.4 Å². The molecule has 11 nitrogen and oxygen atoms in total. The Kier molecular flexibility index (Phi) is 14.3. The van der Waals surface area contributed by atoms with Crippen LogP contribution in [0.5, 0.6) is 0 Å². The van der Waals surface area contributed by atoms with Crippen molar-refractivity contribution in [2.75, 3.05) is 43.0 Å². The number of carboxylic acids is 2. The summed E-state index contributed by atoms with van der Waals surface area (Å²) in [5.41, 5.74) is 20.3. The van der Waals surface area contributed by atoms with Gasteiger partial charge in [-0.05, 0) is 68.4 Å². The number of nitrogens with zero attached hydrogens (tertiary/aromatic N) is 1. The highest BCUT2D eigenvalue weighted by Gasteiger charge is 2.15. The van der Waals surface area contributed by atoms with Crippen molar-refractivity contribution in [1.82, 2.24) is 0 Å². The Balaban J connectivity index is 0.000000395. The molecule has 2 aromatic rings. The molecule has 0 aliphatic carbocycles. The van der Waals surface area contributed by atoms with Crippen molar-refractivity contribution in [3.8, 4) is 0 Å². The largest absolute Gasteiger partial charge is 0.547 e. The lowest BCUT2D eigenvalue weighted by molar-refractivity contribution is -0.459. The minimum absolute atomic E-state index is 0.138. The van der Waals surface area contributed by atoms with Crippen LogP contribution in [-0.4, -0.2) is 67.9 Å². The number of benzene rings is 2. The van der Waals surface area contributed by atoms with Gasteiger partial charge in [-0.1, -0.05) is 30.3 Å². The average Bonchev–Trinajstić information content (AvgIpc) is 2.94. The Morgan fingerprint density at radius 1 is 1.15 bits per heavy atom.